The minimum Gasteiger partial charge on any atom is -0.508 e. The van der Waals surface area contributed by atoms with Crippen LogP contribution in [0.25, 0.3) is 0 Å². The summed E-state index contributed by atoms with van der Waals surface area (Å²) < 4.78 is 0. The molecular formula is C9H9ClO2. The van der Waals surface area contributed by atoms with E-state index in [1.165, 1.54) is 6.08 Å². The van der Waals surface area contributed by atoms with Crippen molar-refractivity contribution in [1.82, 2.24) is 0 Å². The van der Waals surface area contributed by atoms with E-state index in [0.29, 0.717) is 17.0 Å². The molecule has 1 rings (SSSR count). The lowest BCUT2D eigenvalue weighted by Crippen LogP contribution is -2.02. The van der Waals surface area contributed by atoms with E-state index in [0.717, 1.165) is 0 Å². The van der Waals surface area contributed by atoms with Crippen LogP contribution < -0.4 is 0 Å². The molecule has 3 heteroatoms. The van der Waals surface area contributed by atoms with Gasteiger partial charge in [0.05, 0.1) is 0 Å². The number of hydrogen-bond donors (Lipinski definition) is 2. The van der Waals surface area contributed by atoms with Crippen molar-refractivity contribution < 1.29 is 10.2 Å². The fourth-order valence-corrected chi connectivity index (χ4v) is 0.985. The van der Waals surface area contributed by atoms with Gasteiger partial charge in [-0.2, -0.15) is 0 Å². The van der Waals surface area contributed by atoms with Crippen LogP contribution in [-0.4, -0.2) is 16.3 Å². The highest BCUT2D eigenvalue weighted by Gasteiger charge is 2.07. The van der Waals surface area contributed by atoms with Gasteiger partial charge in [-0.05, 0) is 13.0 Å². The van der Waals surface area contributed by atoms with E-state index >= 15 is 0 Å². The first kappa shape index (κ1) is 9.18. The Morgan fingerprint density at radius 3 is 3.00 bits per heavy atom. The maximum atomic E-state index is 9.31. The van der Waals surface area contributed by atoms with Gasteiger partial charge in [0.25, 0.3) is 0 Å². The molecule has 64 valence electrons. The molecule has 0 aliphatic heterocycles. The molecule has 0 saturated carbocycles. The first-order valence-corrected chi connectivity index (χ1v) is 3.92. The average molecular weight is 185 g/mol. The Morgan fingerprint density at radius 2 is 2.33 bits per heavy atom. The zero-order chi connectivity index (χ0) is 9.14. The summed E-state index contributed by atoms with van der Waals surface area (Å²) in [5.74, 6) is 5.21. The highest BCUT2D eigenvalue weighted by Crippen LogP contribution is 2.19. The summed E-state index contributed by atoms with van der Waals surface area (Å²) in [5, 5.41) is 18.9. The molecule has 1 atom stereocenters. The molecule has 2 nitrogen and oxygen atoms in total. The summed E-state index contributed by atoms with van der Waals surface area (Å²) in [7, 11) is 0. The number of aliphatic hydroxyl groups excluding tert-OH is 2. The monoisotopic (exact) mass is 184 g/mol. The Hall–Kier alpha value is -0.910. The molecule has 1 aliphatic carbocycles. The predicted octanol–water partition coefficient (Wildman–Crippen LogP) is 1.71. The van der Waals surface area contributed by atoms with Crippen molar-refractivity contribution in [3.05, 3.63) is 22.4 Å². The highest BCUT2D eigenvalue weighted by molar-refractivity contribution is 6.30. The van der Waals surface area contributed by atoms with E-state index in [9.17, 15) is 5.11 Å². The molecule has 1 unspecified atom stereocenters. The number of rotatable bonds is 0. The molecule has 0 heterocycles. The van der Waals surface area contributed by atoms with E-state index < -0.39 is 6.10 Å². The molecule has 12 heavy (non-hydrogen) atoms. The quantitative estimate of drug-likeness (QED) is 0.563. The van der Waals surface area contributed by atoms with Crippen LogP contribution in [0.1, 0.15) is 13.3 Å². The van der Waals surface area contributed by atoms with E-state index in [-0.39, 0.29) is 5.76 Å². The van der Waals surface area contributed by atoms with Gasteiger partial charge in [0.15, 0.2) is 0 Å². The third kappa shape index (κ3) is 2.04. The number of halogens is 1. The Morgan fingerprint density at radius 1 is 1.67 bits per heavy atom. The first-order valence-electron chi connectivity index (χ1n) is 3.54. The number of allylic oxidation sites excluding steroid dienone is 2. The maximum absolute atomic E-state index is 9.31. The van der Waals surface area contributed by atoms with Gasteiger partial charge in [-0.3, -0.25) is 0 Å². The molecule has 0 bridgehead atoms. The van der Waals surface area contributed by atoms with Crippen LogP contribution in [0.3, 0.4) is 0 Å². The average Bonchev–Trinajstić information content (AvgIpc) is 2.01. The second-order valence-corrected chi connectivity index (χ2v) is 2.98. The third-order valence-corrected chi connectivity index (χ3v) is 2.02. The SMILES string of the molecule is CC1=C(\Cl)CC#CC(O)/C=C\1O. The zero-order valence-electron chi connectivity index (χ0n) is 6.63. The van der Waals surface area contributed by atoms with Crippen molar-refractivity contribution in [2.45, 2.75) is 19.4 Å². The lowest BCUT2D eigenvalue weighted by atomic mass is 10.1. The standard InChI is InChI=1S/C9H9ClO2/c1-6-8(10)4-2-3-7(11)5-9(6)12/h5,7,11-12H,4H2,1H3/b8-6+,9-5+. The highest BCUT2D eigenvalue weighted by atomic mass is 35.5. The summed E-state index contributed by atoms with van der Waals surface area (Å²) in [6.45, 7) is 1.69. The van der Waals surface area contributed by atoms with Gasteiger partial charge in [-0.15, -0.1) is 0 Å². The third-order valence-electron chi connectivity index (χ3n) is 1.60. The van der Waals surface area contributed by atoms with Crippen LogP contribution >= 0.6 is 11.6 Å². The van der Waals surface area contributed by atoms with Crippen molar-refractivity contribution in [2.24, 2.45) is 0 Å². The first-order chi connectivity index (χ1) is 5.61. The van der Waals surface area contributed by atoms with Crippen LogP contribution in [0.4, 0.5) is 0 Å². The molecule has 0 aromatic rings. The molecule has 1 aliphatic rings. The molecule has 0 fully saturated rings. The van der Waals surface area contributed by atoms with Crippen LogP contribution in [0.5, 0.6) is 0 Å². The molecule has 0 radical (unpaired) electrons. The summed E-state index contributed by atoms with van der Waals surface area (Å²) in [6, 6.07) is 0. The minimum absolute atomic E-state index is 0.00139. The molecule has 0 saturated heterocycles. The molecule has 0 aromatic heterocycles. The van der Waals surface area contributed by atoms with E-state index in [1.807, 2.05) is 0 Å². The van der Waals surface area contributed by atoms with Gasteiger partial charge < -0.3 is 10.2 Å². The lowest BCUT2D eigenvalue weighted by Gasteiger charge is -2.06. The van der Waals surface area contributed by atoms with Crippen molar-refractivity contribution in [1.29, 1.82) is 0 Å². The Labute approximate surface area is 76.2 Å². The number of hydrogen-bond acceptors (Lipinski definition) is 2. The van der Waals surface area contributed by atoms with Crippen molar-refractivity contribution in [2.75, 3.05) is 0 Å². The van der Waals surface area contributed by atoms with Gasteiger partial charge in [-0.25, -0.2) is 0 Å². The Bertz CT molecular complexity index is 304. The van der Waals surface area contributed by atoms with Crippen molar-refractivity contribution in [3.8, 4) is 11.8 Å². The molecule has 2 N–H and O–H groups in total. The summed E-state index contributed by atoms with van der Waals surface area (Å²) in [5.41, 5.74) is 0.574. The lowest BCUT2D eigenvalue weighted by molar-refractivity contribution is 0.272. The van der Waals surface area contributed by atoms with E-state index in [2.05, 4.69) is 11.8 Å². The van der Waals surface area contributed by atoms with Gasteiger partial charge >= 0.3 is 0 Å². The van der Waals surface area contributed by atoms with Crippen molar-refractivity contribution >= 4 is 11.6 Å². The normalized spacial score (nSPS) is 33.9. The number of aliphatic hydroxyl groups is 2. The molecular weight excluding hydrogens is 176 g/mol. The van der Waals surface area contributed by atoms with E-state index in [1.54, 1.807) is 6.92 Å². The summed E-state index contributed by atoms with van der Waals surface area (Å²) in [4.78, 5) is 0. The largest absolute Gasteiger partial charge is 0.508 e. The summed E-state index contributed by atoms with van der Waals surface area (Å²) >= 11 is 5.78. The predicted molar refractivity (Wildman–Crippen MR) is 47.7 cm³/mol. The maximum Gasteiger partial charge on any atom is 0.137 e. The topological polar surface area (TPSA) is 40.5 Å². The van der Waals surface area contributed by atoms with Gasteiger partial charge in [0, 0.05) is 17.0 Å². The van der Waals surface area contributed by atoms with Crippen LogP contribution in [-0.2, 0) is 0 Å². The Kier molecular flexibility index (Phi) is 2.80. The van der Waals surface area contributed by atoms with Crippen LogP contribution in [0.15, 0.2) is 22.4 Å². The van der Waals surface area contributed by atoms with Crippen molar-refractivity contribution in [3.63, 3.8) is 0 Å². The van der Waals surface area contributed by atoms with Crippen LogP contribution in [0.2, 0.25) is 0 Å². The van der Waals surface area contributed by atoms with Gasteiger partial charge in [0.1, 0.15) is 11.9 Å². The molecule has 0 amide bonds. The summed E-state index contributed by atoms with van der Waals surface area (Å²) in [6.07, 6.45) is 0.747. The van der Waals surface area contributed by atoms with E-state index in [4.69, 9.17) is 16.7 Å². The second kappa shape index (κ2) is 3.66. The van der Waals surface area contributed by atoms with Gasteiger partial charge in [0.2, 0.25) is 0 Å². The van der Waals surface area contributed by atoms with Gasteiger partial charge in [-0.1, -0.05) is 23.4 Å². The Balaban J connectivity index is 3.06. The van der Waals surface area contributed by atoms with Crippen LogP contribution in [0, 0.1) is 11.8 Å². The second-order valence-electron chi connectivity index (χ2n) is 2.52. The minimum atomic E-state index is -0.898. The zero-order valence-corrected chi connectivity index (χ0v) is 7.39. The smallest absolute Gasteiger partial charge is 0.137 e. The fraction of sp³-hybridized carbons (Fsp3) is 0.333. The molecule has 0 aromatic carbocycles. The molecule has 0 spiro atoms. The fourth-order valence-electron chi connectivity index (χ4n) is 0.821.